The third-order valence-corrected chi connectivity index (χ3v) is 5.30. The molecule has 4 nitrogen and oxygen atoms in total. The van der Waals surface area contributed by atoms with Crippen molar-refractivity contribution in [1.82, 2.24) is 0 Å². The van der Waals surface area contributed by atoms with E-state index < -0.39 is 0 Å². The number of ether oxygens (including phenoxy) is 3. The van der Waals surface area contributed by atoms with Gasteiger partial charge in [-0.1, -0.05) is 60.1 Å². The molecule has 0 bridgehead atoms. The van der Waals surface area contributed by atoms with Crippen molar-refractivity contribution in [3.05, 3.63) is 71.5 Å². The zero-order valence-corrected chi connectivity index (χ0v) is 21.7. The highest BCUT2D eigenvalue weighted by Crippen LogP contribution is 2.40. The van der Waals surface area contributed by atoms with Crippen molar-refractivity contribution < 1.29 is 19.0 Å². The van der Waals surface area contributed by atoms with E-state index in [4.69, 9.17) is 14.2 Å². The first kappa shape index (κ1) is 27.2. The molecule has 0 fully saturated rings. The highest BCUT2D eigenvalue weighted by atomic mass is 16.5. The van der Waals surface area contributed by atoms with Gasteiger partial charge in [-0.25, -0.2) is 0 Å². The summed E-state index contributed by atoms with van der Waals surface area (Å²) < 4.78 is 17.9. The molecule has 0 unspecified atom stereocenters. The van der Waals surface area contributed by atoms with Crippen LogP contribution in [0.3, 0.4) is 0 Å². The van der Waals surface area contributed by atoms with E-state index in [1.54, 1.807) is 37.3 Å². The maximum atomic E-state index is 12.9. The molecule has 0 N–H and O–H groups in total. The Bertz CT molecular complexity index is 978. The third-order valence-electron chi connectivity index (χ3n) is 5.30. The Morgan fingerprint density at radius 1 is 0.941 bits per heavy atom. The zero-order valence-electron chi connectivity index (χ0n) is 21.7. The molecule has 2 rings (SSSR count). The van der Waals surface area contributed by atoms with Crippen LogP contribution >= 0.6 is 0 Å². The fourth-order valence-corrected chi connectivity index (χ4v) is 3.40. The molecule has 0 atom stereocenters. The lowest BCUT2D eigenvalue weighted by atomic mass is 9.84. The molecule has 4 heteroatoms. The Hall–Kier alpha value is -3.01. The van der Waals surface area contributed by atoms with E-state index in [0.29, 0.717) is 30.3 Å². The molecular formula is C30H40O4. The average Bonchev–Trinajstić information content (AvgIpc) is 2.77. The van der Waals surface area contributed by atoms with Crippen LogP contribution in [0.2, 0.25) is 0 Å². The summed E-state index contributed by atoms with van der Waals surface area (Å²) in [5.41, 5.74) is 2.38. The maximum Gasteiger partial charge on any atom is 0.185 e. The molecule has 2 aromatic carbocycles. The summed E-state index contributed by atoms with van der Waals surface area (Å²) in [6.07, 6.45) is 7.45. The summed E-state index contributed by atoms with van der Waals surface area (Å²) in [7, 11) is 0. The van der Waals surface area contributed by atoms with Gasteiger partial charge in [0.2, 0.25) is 0 Å². The zero-order chi connectivity index (χ0) is 25.1. The molecule has 34 heavy (non-hydrogen) atoms. The van der Waals surface area contributed by atoms with E-state index in [0.717, 1.165) is 48.3 Å². The van der Waals surface area contributed by atoms with Crippen molar-refractivity contribution in [2.45, 2.75) is 72.6 Å². The van der Waals surface area contributed by atoms with Gasteiger partial charge >= 0.3 is 0 Å². The van der Waals surface area contributed by atoms with Gasteiger partial charge in [-0.05, 0) is 67.7 Å². The molecule has 2 aromatic rings. The van der Waals surface area contributed by atoms with Gasteiger partial charge in [0.25, 0.3) is 0 Å². The van der Waals surface area contributed by atoms with Gasteiger partial charge in [0.1, 0.15) is 17.2 Å². The van der Waals surface area contributed by atoms with Crippen LogP contribution in [-0.4, -0.2) is 19.0 Å². The van der Waals surface area contributed by atoms with Gasteiger partial charge < -0.3 is 14.2 Å². The molecule has 184 valence electrons. The van der Waals surface area contributed by atoms with Gasteiger partial charge in [-0.3, -0.25) is 4.79 Å². The molecule has 0 aliphatic carbocycles. The lowest BCUT2D eigenvalue weighted by Gasteiger charge is -2.25. The van der Waals surface area contributed by atoms with Crippen molar-refractivity contribution in [3.8, 4) is 17.2 Å². The van der Waals surface area contributed by atoms with Gasteiger partial charge in [-0.15, -0.1) is 0 Å². The SMILES string of the molecule is C=C(C)Oc1ccc(C(=O)/C=C/c2c(OCCCC)ccc(C(C)(C)C)c2OCCCC)cc1. The van der Waals surface area contributed by atoms with Crippen LogP contribution in [-0.2, 0) is 5.41 Å². The normalized spacial score (nSPS) is 11.5. The molecule has 0 saturated carbocycles. The third kappa shape index (κ3) is 8.09. The van der Waals surface area contributed by atoms with Crippen molar-refractivity contribution in [2.75, 3.05) is 13.2 Å². The van der Waals surface area contributed by atoms with E-state index in [9.17, 15) is 4.79 Å². The lowest BCUT2D eigenvalue weighted by Crippen LogP contribution is -2.15. The Labute approximate surface area is 205 Å². The first-order chi connectivity index (χ1) is 16.2. The molecule has 0 aliphatic heterocycles. The topological polar surface area (TPSA) is 44.8 Å². The molecule has 0 aliphatic rings. The van der Waals surface area contributed by atoms with Crippen LogP contribution in [0.25, 0.3) is 6.08 Å². The average molecular weight is 465 g/mol. The summed E-state index contributed by atoms with van der Waals surface area (Å²) in [6, 6.07) is 11.1. The van der Waals surface area contributed by atoms with Crippen LogP contribution in [0.15, 0.2) is 54.8 Å². The highest BCUT2D eigenvalue weighted by molar-refractivity contribution is 6.07. The van der Waals surface area contributed by atoms with E-state index in [-0.39, 0.29) is 11.2 Å². The number of carbonyl (C=O) groups excluding carboxylic acids is 1. The Kier molecular flexibility index (Phi) is 10.4. The minimum Gasteiger partial charge on any atom is -0.493 e. The van der Waals surface area contributed by atoms with Crippen molar-refractivity contribution in [2.24, 2.45) is 0 Å². The molecule has 0 radical (unpaired) electrons. The number of carbonyl (C=O) groups is 1. The van der Waals surface area contributed by atoms with Crippen LogP contribution < -0.4 is 14.2 Å². The number of benzene rings is 2. The van der Waals surface area contributed by atoms with Crippen molar-refractivity contribution in [3.63, 3.8) is 0 Å². The first-order valence-corrected chi connectivity index (χ1v) is 12.3. The van der Waals surface area contributed by atoms with Gasteiger partial charge in [0, 0.05) is 11.1 Å². The Morgan fingerprint density at radius 3 is 2.12 bits per heavy atom. The predicted molar refractivity (Wildman–Crippen MR) is 141 cm³/mol. The van der Waals surface area contributed by atoms with E-state index >= 15 is 0 Å². The number of ketones is 1. The number of hydrogen-bond acceptors (Lipinski definition) is 4. The monoisotopic (exact) mass is 464 g/mol. The summed E-state index contributed by atoms with van der Waals surface area (Å²) in [6.45, 7) is 17.6. The molecule has 0 aromatic heterocycles. The number of allylic oxidation sites excluding steroid dienone is 2. The predicted octanol–water partition coefficient (Wildman–Crippen LogP) is 8.15. The van der Waals surface area contributed by atoms with Crippen LogP contribution in [0.1, 0.15) is 88.7 Å². The van der Waals surface area contributed by atoms with Gasteiger partial charge in [0.15, 0.2) is 5.78 Å². The maximum absolute atomic E-state index is 12.9. The fourth-order valence-electron chi connectivity index (χ4n) is 3.40. The summed E-state index contributed by atoms with van der Waals surface area (Å²) >= 11 is 0. The molecule has 0 heterocycles. The fraction of sp³-hybridized carbons (Fsp3) is 0.433. The highest BCUT2D eigenvalue weighted by Gasteiger charge is 2.23. The lowest BCUT2D eigenvalue weighted by molar-refractivity contribution is 0.104. The van der Waals surface area contributed by atoms with E-state index in [1.807, 2.05) is 12.1 Å². The number of hydrogen-bond donors (Lipinski definition) is 0. The minimum atomic E-state index is -0.116. The van der Waals surface area contributed by atoms with Crippen LogP contribution in [0, 0.1) is 0 Å². The van der Waals surface area contributed by atoms with Crippen LogP contribution in [0.5, 0.6) is 17.2 Å². The molecule has 0 spiro atoms. The van der Waals surface area contributed by atoms with Gasteiger partial charge in [0.05, 0.1) is 24.5 Å². The summed E-state index contributed by atoms with van der Waals surface area (Å²) in [5.74, 6) is 2.70. The second-order valence-corrected chi connectivity index (χ2v) is 9.53. The molecule has 0 saturated heterocycles. The standard InChI is InChI=1S/C30H40O4/c1-8-10-20-32-28-19-17-26(30(5,6)7)29(33-21-11-9-2)25(28)16-18-27(31)23-12-14-24(15-13-23)34-22(3)4/h12-19H,3,8-11,20-21H2,1-2,4-7H3/b18-16+. The summed E-state index contributed by atoms with van der Waals surface area (Å²) in [5, 5.41) is 0. The van der Waals surface area contributed by atoms with Crippen molar-refractivity contribution in [1.29, 1.82) is 0 Å². The quantitative estimate of drug-likeness (QED) is 0.130. The van der Waals surface area contributed by atoms with E-state index in [1.165, 1.54) is 0 Å². The Balaban J connectivity index is 2.44. The Morgan fingerprint density at radius 2 is 1.56 bits per heavy atom. The molecule has 0 amide bonds. The number of unbranched alkanes of at least 4 members (excludes halogenated alkanes) is 2. The summed E-state index contributed by atoms with van der Waals surface area (Å²) in [4.78, 5) is 12.9. The number of rotatable bonds is 13. The van der Waals surface area contributed by atoms with Crippen molar-refractivity contribution >= 4 is 11.9 Å². The molecular weight excluding hydrogens is 424 g/mol. The van der Waals surface area contributed by atoms with Crippen LogP contribution in [0.4, 0.5) is 0 Å². The first-order valence-electron chi connectivity index (χ1n) is 12.3. The largest absolute Gasteiger partial charge is 0.493 e. The minimum absolute atomic E-state index is 0.0953. The van der Waals surface area contributed by atoms with Gasteiger partial charge in [-0.2, -0.15) is 0 Å². The smallest absolute Gasteiger partial charge is 0.185 e. The second-order valence-electron chi connectivity index (χ2n) is 9.53. The second kappa shape index (κ2) is 13.0. The van der Waals surface area contributed by atoms with E-state index in [2.05, 4.69) is 47.3 Å².